The molecule has 0 spiro atoms. The first-order valence-corrected chi connectivity index (χ1v) is 7.11. The summed E-state index contributed by atoms with van der Waals surface area (Å²) in [5, 5.41) is 11.7. The molecule has 1 fully saturated rings. The Balaban J connectivity index is 1.93. The van der Waals surface area contributed by atoms with E-state index in [0.717, 1.165) is 5.56 Å². The van der Waals surface area contributed by atoms with Gasteiger partial charge in [-0.2, -0.15) is 0 Å². The fourth-order valence-electron chi connectivity index (χ4n) is 1.80. The largest absolute Gasteiger partial charge is 0.481 e. The monoisotopic (exact) mass is 297 g/mol. The molecule has 0 radical (unpaired) electrons. The average molecular weight is 297 g/mol. The minimum absolute atomic E-state index is 0.297. The van der Waals surface area contributed by atoms with E-state index in [2.05, 4.69) is 10.3 Å². The lowest BCUT2D eigenvalue weighted by Crippen LogP contribution is -2.46. The van der Waals surface area contributed by atoms with Gasteiger partial charge in [0.05, 0.1) is 13.0 Å². The Hall–Kier alpha value is -1.96. The Labute approximate surface area is 120 Å². The van der Waals surface area contributed by atoms with Crippen LogP contribution in [0.1, 0.15) is 5.56 Å². The average Bonchev–Trinajstić information content (AvgIpc) is 2.94. The molecule has 1 unspecified atom stereocenters. The van der Waals surface area contributed by atoms with Crippen molar-refractivity contribution in [2.24, 2.45) is 0 Å². The number of hydrogen-bond donors (Lipinski definition) is 2. The number of thioether (sulfide) groups is 1. The molecular weight excluding hydrogens is 282 g/mol. The lowest BCUT2D eigenvalue weighted by molar-refractivity contribution is -0.140. The van der Waals surface area contributed by atoms with Gasteiger partial charge >= 0.3 is 12.0 Å². The maximum atomic E-state index is 12.0. The van der Waals surface area contributed by atoms with Crippen LogP contribution in [0.15, 0.2) is 18.3 Å². The molecule has 2 N–H and O–H groups in total. The molecule has 2 heterocycles. The molecule has 0 bridgehead atoms. The number of aromatic nitrogens is 1. The van der Waals surface area contributed by atoms with Gasteiger partial charge in [-0.3, -0.25) is 0 Å². The van der Waals surface area contributed by atoms with Gasteiger partial charge in [0.2, 0.25) is 5.88 Å². The van der Waals surface area contributed by atoms with E-state index in [1.54, 1.807) is 18.3 Å². The van der Waals surface area contributed by atoms with E-state index in [1.807, 2.05) is 0 Å². The lowest BCUT2D eigenvalue weighted by Gasteiger charge is -2.20. The number of carbonyl (C=O) groups excluding carboxylic acids is 1. The first kappa shape index (κ1) is 14.4. The SMILES string of the molecule is COc1cc(CNC(=O)N2CSCC2C(=O)O)ccn1. The van der Waals surface area contributed by atoms with Gasteiger partial charge in [-0.05, 0) is 11.6 Å². The molecule has 0 saturated carbocycles. The molecule has 2 amide bonds. The standard InChI is InChI=1S/C12H15N3O4S/c1-19-10-4-8(2-3-13-10)5-14-12(18)15-7-20-6-9(15)11(16)17/h2-4,9H,5-7H2,1H3,(H,14,18)(H,16,17). The second-order valence-electron chi connectivity index (χ2n) is 4.19. The highest BCUT2D eigenvalue weighted by molar-refractivity contribution is 7.99. The molecule has 0 aromatic carbocycles. The van der Waals surface area contributed by atoms with Crippen LogP contribution in [0.4, 0.5) is 4.79 Å². The maximum absolute atomic E-state index is 12.0. The first-order chi connectivity index (χ1) is 9.61. The summed E-state index contributed by atoms with van der Waals surface area (Å²) in [5.74, 6) is 0.307. The van der Waals surface area contributed by atoms with Gasteiger partial charge in [0.25, 0.3) is 0 Å². The number of hydrogen-bond acceptors (Lipinski definition) is 5. The number of urea groups is 1. The molecule has 20 heavy (non-hydrogen) atoms. The number of ether oxygens (including phenoxy) is 1. The molecular formula is C12H15N3O4S. The van der Waals surface area contributed by atoms with E-state index in [1.165, 1.54) is 23.8 Å². The molecule has 1 aromatic heterocycles. The number of carboxylic acid groups (broad SMARTS) is 1. The van der Waals surface area contributed by atoms with Crippen molar-refractivity contribution in [1.29, 1.82) is 0 Å². The van der Waals surface area contributed by atoms with Gasteiger partial charge < -0.3 is 20.1 Å². The van der Waals surface area contributed by atoms with Gasteiger partial charge in [-0.1, -0.05) is 0 Å². The van der Waals surface area contributed by atoms with Crippen LogP contribution >= 0.6 is 11.8 Å². The summed E-state index contributed by atoms with van der Waals surface area (Å²) < 4.78 is 4.99. The smallest absolute Gasteiger partial charge is 0.327 e. The fraction of sp³-hybridized carbons (Fsp3) is 0.417. The number of nitrogens with one attached hydrogen (secondary N) is 1. The molecule has 1 aliphatic heterocycles. The van der Waals surface area contributed by atoms with Crippen molar-refractivity contribution < 1.29 is 19.4 Å². The molecule has 108 valence electrons. The van der Waals surface area contributed by atoms with Crippen LogP contribution in [0.3, 0.4) is 0 Å². The van der Waals surface area contributed by atoms with Crippen LogP contribution in [-0.2, 0) is 11.3 Å². The highest BCUT2D eigenvalue weighted by atomic mass is 32.2. The second kappa shape index (κ2) is 6.47. The van der Waals surface area contributed by atoms with E-state index in [4.69, 9.17) is 9.84 Å². The van der Waals surface area contributed by atoms with Crippen molar-refractivity contribution in [3.8, 4) is 5.88 Å². The molecule has 2 rings (SSSR count). The second-order valence-corrected chi connectivity index (χ2v) is 5.19. The van der Waals surface area contributed by atoms with E-state index >= 15 is 0 Å². The minimum Gasteiger partial charge on any atom is -0.481 e. The molecule has 7 nitrogen and oxygen atoms in total. The Bertz CT molecular complexity index is 511. The summed E-state index contributed by atoms with van der Waals surface area (Å²) in [6.07, 6.45) is 1.59. The Morgan fingerprint density at radius 2 is 2.45 bits per heavy atom. The van der Waals surface area contributed by atoms with Crippen LogP contribution in [0, 0.1) is 0 Å². The van der Waals surface area contributed by atoms with Crippen molar-refractivity contribution >= 4 is 23.8 Å². The third kappa shape index (κ3) is 3.32. The summed E-state index contributed by atoms with van der Waals surface area (Å²) >= 11 is 1.43. The minimum atomic E-state index is -0.976. The first-order valence-electron chi connectivity index (χ1n) is 5.95. The normalized spacial score (nSPS) is 17.9. The predicted molar refractivity (Wildman–Crippen MR) is 73.6 cm³/mol. The number of carbonyl (C=O) groups is 2. The third-order valence-electron chi connectivity index (χ3n) is 2.88. The summed E-state index contributed by atoms with van der Waals surface area (Å²) in [6.45, 7) is 0.297. The van der Waals surface area contributed by atoms with Crippen LogP contribution in [-0.4, -0.2) is 51.8 Å². The van der Waals surface area contributed by atoms with Crippen LogP contribution in [0.25, 0.3) is 0 Å². The van der Waals surface area contributed by atoms with Gasteiger partial charge in [-0.15, -0.1) is 11.8 Å². The summed E-state index contributed by atoms with van der Waals surface area (Å²) in [5.41, 5.74) is 0.837. The van der Waals surface area contributed by atoms with Crippen molar-refractivity contribution in [2.75, 3.05) is 18.7 Å². The van der Waals surface area contributed by atoms with Crippen molar-refractivity contribution in [2.45, 2.75) is 12.6 Å². The van der Waals surface area contributed by atoms with Gasteiger partial charge in [0.15, 0.2) is 0 Å². The topological polar surface area (TPSA) is 91.8 Å². The number of nitrogens with zero attached hydrogens (tertiary/aromatic N) is 2. The zero-order valence-electron chi connectivity index (χ0n) is 10.9. The summed E-state index contributed by atoms with van der Waals surface area (Å²) in [4.78, 5) is 28.3. The van der Waals surface area contributed by atoms with Crippen LogP contribution < -0.4 is 10.1 Å². The molecule has 0 aliphatic carbocycles. The maximum Gasteiger partial charge on any atom is 0.327 e. The van der Waals surface area contributed by atoms with E-state index in [-0.39, 0.29) is 6.03 Å². The van der Waals surface area contributed by atoms with Gasteiger partial charge in [0.1, 0.15) is 6.04 Å². The zero-order valence-corrected chi connectivity index (χ0v) is 11.7. The van der Waals surface area contributed by atoms with E-state index in [0.29, 0.717) is 24.1 Å². The Kier molecular flexibility index (Phi) is 4.67. The van der Waals surface area contributed by atoms with Gasteiger partial charge in [0, 0.05) is 24.6 Å². The Morgan fingerprint density at radius 3 is 3.15 bits per heavy atom. The lowest BCUT2D eigenvalue weighted by atomic mass is 10.2. The van der Waals surface area contributed by atoms with Crippen molar-refractivity contribution in [1.82, 2.24) is 15.2 Å². The summed E-state index contributed by atoms with van der Waals surface area (Å²) in [6, 6.07) is 2.34. The fourth-order valence-corrected chi connectivity index (χ4v) is 2.94. The highest BCUT2D eigenvalue weighted by Crippen LogP contribution is 2.21. The highest BCUT2D eigenvalue weighted by Gasteiger charge is 2.34. The zero-order chi connectivity index (χ0) is 14.5. The quantitative estimate of drug-likeness (QED) is 0.852. The number of rotatable bonds is 4. The van der Waals surface area contributed by atoms with E-state index in [9.17, 15) is 9.59 Å². The number of amides is 2. The summed E-state index contributed by atoms with van der Waals surface area (Å²) in [7, 11) is 1.52. The third-order valence-corrected chi connectivity index (χ3v) is 3.89. The van der Waals surface area contributed by atoms with Crippen molar-refractivity contribution in [3.05, 3.63) is 23.9 Å². The van der Waals surface area contributed by atoms with Crippen LogP contribution in [0.2, 0.25) is 0 Å². The van der Waals surface area contributed by atoms with Crippen molar-refractivity contribution in [3.63, 3.8) is 0 Å². The van der Waals surface area contributed by atoms with Gasteiger partial charge in [-0.25, -0.2) is 14.6 Å². The molecule has 1 saturated heterocycles. The van der Waals surface area contributed by atoms with Crippen LogP contribution in [0.5, 0.6) is 5.88 Å². The van der Waals surface area contributed by atoms with E-state index < -0.39 is 12.0 Å². The Morgan fingerprint density at radius 1 is 1.65 bits per heavy atom. The molecule has 8 heteroatoms. The molecule has 1 atom stereocenters. The molecule has 1 aliphatic rings. The predicted octanol–water partition coefficient (Wildman–Crippen LogP) is 0.759. The molecule has 1 aromatic rings. The number of pyridine rings is 1. The number of methoxy groups -OCH3 is 1. The number of carboxylic acids is 1. The number of aliphatic carboxylic acids is 1.